The van der Waals surface area contributed by atoms with Gasteiger partial charge in [0, 0.05) is 0 Å². The van der Waals surface area contributed by atoms with Gasteiger partial charge in [-0.15, -0.1) is 0 Å². The molecule has 0 rings (SSSR count). The highest BCUT2D eigenvalue weighted by molar-refractivity contribution is 8.06. The summed E-state index contributed by atoms with van der Waals surface area (Å²) in [6.07, 6.45) is 0. The molecule has 4 heteroatoms. The van der Waals surface area contributed by atoms with Crippen molar-refractivity contribution in [3.63, 3.8) is 0 Å². The molecule has 2 atom stereocenters. The smallest absolute Gasteiger partial charge is 0.116 e. The maximum absolute atomic E-state index is 10.9. The highest BCUT2D eigenvalue weighted by Crippen LogP contribution is 2.32. The van der Waals surface area contributed by atoms with Crippen LogP contribution < -0.4 is 0 Å². The fourth-order valence-electron chi connectivity index (χ4n) is 0. The van der Waals surface area contributed by atoms with Gasteiger partial charge < -0.3 is 4.89 Å². The maximum atomic E-state index is 10.9. The van der Waals surface area contributed by atoms with E-state index in [2.05, 4.69) is 0 Å². The molecule has 0 aliphatic heterocycles. The van der Waals surface area contributed by atoms with Crippen molar-refractivity contribution in [2.45, 2.75) is 0 Å². The second kappa shape index (κ2) is 3.75. The Morgan fingerprint density at radius 2 is 2.50 bits per heavy atom. The first-order chi connectivity index (χ1) is 2.27. The molecule has 4 heavy (non-hydrogen) atoms. The molecule has 0 aliphatic carbocycles. The molecule has 0 aromatic carbocycles. The molecular weight excluding hydrogens is 96.9 g/mol. The van der Waals surface area contributed by atoms with Gasteiger partial charge in [-0.1, -0.05) is 0 Å². The molecule has 2 unspecified atom stereocenters. The Morgan fingerprint density at radius 1 is 2.25 bits per heavy atom. The van der Waals surface area contributed by atoms with Crippen LogP contribution in [0.5, 0.6) is 0 Å². The summed E-state index contributed by atoms with van der Waals surface area (Å²) in [6, 6.07) is 0. The van der Waals surface area contributed by atoms with Gasteiger partial charge in [-0.3, -0.25) is 0 Å². The molecule has 1 N–H and O–H groups in total. The van der Waals surface area contributed by atoms with Crippen LogP contribution in [-0.2, 0) is 0 Å². The van der Waals surface area contributed by atoms with E-state index in [0.717, 1.165) is 0 Å². The molecule has 0 aromatic rings. The molecule has 0 saturated carbocycles. The summed E-state index contributed by atoms with van der Waals surface area (Å²) in [4.78, 5) is 7.64. The molecule has 0 heterocycles. The van der Waals surface area contributed by atoms with Gasteiger partial charge in [-0.2, -0.15) is 0 Å². The third-order valence-corrected chi connectivity index (χ3v) is 0.340. The quantitative estimate of drug-likeness (QED) is 0.489. The van der Waals surface area contributed by atoms with Crippen LogP contribution in [0.2, 0.25) is 0 Å². The normalized spacial score (nSPS) is 22.0. The highest BCUT2D eigenvalue weighted by Gasteiger charge is 1.62. The summed E-state index contributed by atoms with van der Waals surface area (Å²) in [6.45, 7) is 0. The fourth-order valence-corrected chi connectivity index (χ4v) is 0. The molecule has 0 bridgehead atoms. The zero-order valence-electron chi connectivity index (χ0n) is 2.77. The van der Waals surface area contributed by atoms with Gasteiger partial charge in [0.15, 0.2) is 0 Å². The van der Waals surface area contributed by atoms with Crippen molar-refractivity contribution in [3.05, 3.63) is 0 Å². The first-order valence-corrected chi connectivity index (χ1v) is 3.19. The minimum atomic E-state index is -2.26. The summed E-state index contributed by atoms with van der Waals surface area (Å²) in [5, 5.41) is 0. The summed E-state index contributed by atoms with van der Waals surface area (Å²) in [7, 11) is -3.09. The molecular formula is H3FOP2. The lowest BCUT2D eigenvalue weighted by molar-refractivity contribution is 0.657. The largest absolute Gasteiger partial charge is 0.370 e. The van der Waals surface area contributed by atoms with Crippen molar-refractivity contribution in [2.24, 2.45) is 0 Å². The summed E-state index contributed by atoms with van der Waals surface area (Å²) >= 11 is 0. The third kappa shape index (κ3) is 2.75. The number of halogens is 1. The molecule has 26 valence electrons. The minimum Gasteiger partial charge on any atom is -0.370 e. The van der Waals surface area contributed by atoms with E-state index in [-0.39, 0.29) is 0 Å². The van der Waals surface area contributed by atoms with Crippen molar-refractivity contribution in [3.8, 4) is 0 Å². The molecule has 0 radical (unpaired) electrons. The number of hydrogen-bond acceptors (Lipinski definition) is 1. The van der Waals surface area contributed by atoms with Crippen molar-refractivity contribution in [2.75, 3.05) is 0 Å². The molecule has 0 aromatic heterocycles. The van der Waals surface area contributed by atoms with Gasteiger partial charge in [-0.25, -0.2) is 4.20 Å². The third-order valence-electron chi connectivity index (χ3n) is 0.0378. The topological polar surface area (TPSA) is 20.2 Å². The first kappa shape index (κ1) is 2.96. The van der Waals surface area contributed by atoms with E-state index in [1.54, 1.807) is 0 Å². The molecule has 1 nitrogen and oxygen atoms in total. The average molecular weight is 101 g/mol. The van der Waals surface area contributed by atoms with E-state index in [9.17, 15) is 4.20 Å². The van der Waals surface area contributed by atoms with Crippen LogP contribution in [0.25, 0.3) is 0 Å². The van der Waals surface area contributed by atoms with Crippen LogP contribution in [0.4, 0.5) is 4.20 Å². The Balaban J connectivity index is 2.54. The van der Waals surface area contributed by atoms with Crippen LogP contribution in [-0.4, -0.2) is 6.17 Å². The SMILES string of the molecule is [2H]P(F)PO. The van der Waals surface area contributed by atoms with E-state index in [0.29, 0.717) is 0 Å². The maximum Gasteiger partial charge on any atom is 0.116 e. The lowest BCUT2D eigenvalue weighted by atomic mass is 15.9. The van der Waals surface area contributed by atoms with Gasteiger partial charge in [0.1, 0.15) is 9.80 Å². The zero-order chi connectivity index (χ0) is 4.28. The van der Waals surface area contributed by atoms with Gasteiger partial charge in [-0.05, 0) is 0 Å². The second-order valence-electron chi connectivity index (χ2n) is 0.185. The lowest BCUT2D eigenvalue weighted by Crippen LogP contribution is -1.11. The number of hydrogen-bond donors (Lipinski definition) is 1. The molecule has 0 amide bonds. The van der Waals surface area contributed by atoms with E-state index in [1.165, 1.54) is 0 Å². The molecule has 0 fully saturated rings. The zero-order valence-corrected chi connectivity index (χ0v) is 3.67. The van der Waals surface area contributed by atoms with E-state index < -0.39 is 17.0 Å². The van der Waals surface area contributed by atoms with Gasteiger partial charge in [0.05, 0.1) is 8.50 Å². The first-order valence-electron chi connectivity index (χ1n) is 1.06. The Morgan fingerprint density at radius 3 is 2.50 bits per heavy atom. The van der Waals surface area contributed by atoms with Crippen molar-refractivity contribution < 1.29 is 9.09 Å². The standard InChI is InChI=1S/FH3OP2/c1-3-4-2/h2-4H/i3D. The predicted molar refractivity (Wildman–Crippen MR) is 20.0 cm³/mol. The van der Waals surface area contributed by atoms with Gasteiger partial charge in [0.25, 0.3) is 0 Å². The lowest BCUT2D eigenvalue weighted by Gasteiger charge is -1.65. The van der Waals surface area contributed by atoms with E-state index >= 15 is 0 Å². The van der Waals surface area contributed by atoms with Crippen LogP contribution in [0.3, 0.4) is 0 Å². The fraction of sp³-hybridized carbons (Fsp3) is 0. The predicted octanol–water partition coefficient (Wildman–Crippen LogP) is 1.05. The van der Waals surface area contributed by atoms with E-state index in [4.69, 9.17) is 6.17 Å². The number of rotatable bonds is 1. The summed E-state index contributed by atoms with van der Waals surface area (Å²) < 4.78 is 16.9. The monoisotopic (exact) mass is 101 g/mol. The van der Waals surface area contributed by atoms with Crippen LogP contribution >= 0.6 is 17.0 Å². The minimum absolute atomic E-state index is 0.821. The van der Waals surface area contributed by atoms with E-state index in [1.807, 2.05) is 0 Å². The second-order valence-corrected chi connectivity index (χ2v) is 1.66. The van der Waals surface area contributed by atoms with Crippen molar-refractivity contribution in [1.82, 2.24) is 0 Å². The molecule has 0 aliphatic rings. The van der Waals surface area contributed by atoms with Crippen molar-refractivity contribution in [1.29, 1.82) is 1.28 Å². The molecule has 0 saturated heterocycles. The van der Waals surface area contributed by atoms with Gasteiger partial charge in [0.2, 0.25) is 0 Å². The molecule has 0 spiro atoms. The van der Waals surface area contributed by atoms with Gasteiger partial charge >= 0.3 is 0 Å². The van der Waals surface area contributed by atoms with Crippen LogP contribution in [0, 0.1) is 0 Å². The highest BCUT2D eigenvalue weighted by atomic mass is 32.0. The average Bonchev–Trinajstić information content (AvgIpc) is 1.38. The summed E-state index contributed by atoms with van der Waals surface area (Å²) in [5.41, 5.74) is 0. The Hall–Kier alpha value is 0.750. The van der Waals surface area contributed by atoms with Crippen LogP contribution in [0.1, 0.15) is 0 Å². The van der Waals surface area contributed by atoms with Crippen molar-refractivity contribution >= 4 is 17.0 Å². The van der Waals surface area contributed by atoms with Crippen LogP contribution in [0.15, 0.2) is 0 Å². The summed E-state index contributed by atoms with van der Waals surface area (Å²) in [5.74, 6) is 0. The Kier molecular flexibility index (Phi) is 2.78. The Bertz CT molecular complexity index is 23.6. The Labute approximate surface area is 28.5 Å².